The molecule has 172 valence electrons. The number of thiazole rings is 1. The molecular weight excluding hydrogens is 445 g/mol. The predicted octanol–water partition coefficient (Wildman–Crippen LogP) is 2.04. The van der Waals surface area contributed by atoms with Crippen molar-refractivity contribution in [3.63, 3.8) is 0 Å². The Balaban J connectivity index is 1.30. The number of carbonyl (C=O) groups is 1. The number of piperazine rings is 1. The third-order valence-corrected chi connectivity index (χ3v) is 6.88. The van der Waals surface area contributed by atoms with Gasteiger partial charge in [0.25, 0.3) is 11.5 Å². The second-order valence-electron chi connectivity index (χ2n) is 8.11. The number of pyridine rings is 2. The fraction of sp³-hybridized carbons (Fsp3) is 0.364. The second-order valence-corrected chi connectivity index (χ2v) is 9.00. The molecule has 33 heavy (non-hydrogen) atoms. The summed E-state index contributed by atoms with van der Waals surface area (Å²) >= 11 is 1.39. The molecule has 2 aliphatic rings. The Labute approximate surface area is 193 Å². The molecule has 5 heterocycles. The molecule has 0 saturated carbocycles. The maximum absolute atomic E-state index is 15.1. The summed E-state index contributed by atoms with van der Waals surface area (Å²) in [6.45, 7) is 3.26. The van der Waals surface area contributed by atoms with Gasteiger partial charge in [-0.1, -0.05) is 0 Å². The van der Waals surface area contributed by atoms with Gasteiger partial charge in [0, 0.05) is 69.2 Å². The minimum atomic E-state index is -0.370. The van der Waals surface area contributed by atoms with Crippen molar-refractivity contribution in [2.45, 2.75) is 25.6 Å². The van der Waals surface area contributed by atoms with Crippen LogP contribution in [0.5, 0.6) is 0 Å². The van der Waals surface area contributed by atoms with E-state index in [1.807, 2.05) is 11.4 Å². The van der Waals surface area contributed by atoms with Gasteiger partial charge in [0.1, 0.15) is 11.4 Å². The van der Waals surface area contributed by atoms with Crippen molar-refractivity contribution >= 4 is 34.0 Å². The quantitative estimate of drug-likeness (QED) is 0.590. The molecule has 2 N–H and O–H groups in total. The molecule has 0 aromatic carbocycles. The van der Waals surface area contributed by atoms with Crippen LogP contribution in [-0.2, 0) is 13.1 Å². The number of amides is 1. The number of carbonyl (C=O) groups excluding carboxylic acids is 1. The van der Waals surface area contributed by atoms with Gasteiger partial charge in [0.05, 0.1) is 0 Å². The first-order chi connectivity index (χ1) is 16.0. The predicted molar refractivity (Wildman–Crippen MR) is 125 cm³/mol. The van der Waals surface area contributed by atoms with Crippen LogP contribution in [0.3, 0.4) is 0 Å². The zero-order valence-electron chi connectivity index (χ0n) is 18.1. The molecule has 1 unspecified atom stereocenters. The summed E-state index contributed by atoms with van der Waals surface area (Å²) in [5, 5.41) is 7.88. The molecule has 0 spiro atoms. The molecule has 3 aromatic heterocycles. The van der Waals surface area contributed by atoms with Crippen LogP contribution in [0.4, 0.5) is 21.2 Å². The van der Waals surface area contributed by atoms with Gasteiger partial charge in [-0.2, -0.15) is 0 Å². The van der Waals surface area contributed by atoms with Crippen molar-refractivity contribution < 1.29 is 9.18 Å². The van der Waals surface area contributed by atoms with E-state index in [4.69, 9.17) is 0 Å². The average molecular weight is 470 g/mol. The largest absolute Gasteiger partial charge is 0.355 e. The monoisotopic (exact) mass is 469 g/mol. The van der Waals surface area contributed by atoms with Crippen LogP contribution >= 0.6 is 11.3 Å². The van der Waals surface area contributed by atoms with Crippen LogP contribution in [0.2, 0.25) is 0 Å². The summed E-state index contributed by atoms with van der Waals surface area (Å²) < 4.78 is 16.8. The molecular formula is C22H24FN7O2S. The van der Waals surface area contributed by atoms with Crippen LogP contribution in [-0.4, -0.2) is 58.1 Å². The highest BCUT2D eigenvalue weighted by Crippen LogP contribution is 2.28. The number of anilines is 3. The molecule has 2 aliphatic heterocycles. The molecule has 5 rings (SSSR count). The molecule has 11 heteroatoms. The normalized spacial score (nSPS) is 17.9. The van der Waals surface area contributed by atoms with Crippen LogP contribution < -0.4 is 21.1 Å². The minimum absolute atomic E-state index is 0.161. The molecule has 0 radical (unpaired) electrons. The van der Waals surface area contributed by atoms with E-state index in [0.717, 1.165) is 31.9 Å². The highest BCUT2D eigenvalue weighted by atomic mass is 32.1. The van der Waals surface area contributed by atoms with E-state index >= 15 is 4.39 Å². The highest BCUT2D eigenvalue weighted by Gasteiger charge is 2.33. The van der Waals surface area contributed by atoms with Crippen molar-refractivity contribution in [2.75, 3.05) is 36.9 Å². The lowest BCUT2D eigenvalue weighted by molar-refractivity contribution is 0.0960. The number of halogens is 1. The van der Waals surface area contributed by atoms with Gasteiger partial charge in [-0.25, -0.2) is 14.4 Å². The Kier molecular flexibility index (Phi) is 5.81. The van der Waals surface area contributed by atoms with Gasteiger partial charge in [-0.05, 0) is 24.6 Å². The van der Waals surface area contributed by atoms with Crippen LogP contribution in [0.1, 0.15) is 22.3 Å². The lowest BCUT2D eigenvalue weighted by Gasteiger charge is -2.46. The van der Waals surface area contributed by atoms with Gasteiger partial charge in [-0.3, -0.25) is 19.1 Å². The Morgan fingerprint density at radius 3 is 2.88 bits per heavy atom. The number of fused-ring (bicyclic) bond motifs is 3. The Morgan fingerprint density at radius 1 is 1.21 bits per heavy atom. The van der Waals surface area contributed by atoms with Gasteiger partial charge in [0.2, 0.25) is 0 Å². The standard InChI is InChI=1S/C22H24FN7O2S/c1-24-20(31)16-2-3-17-29-10-9-28(13-15(29)5-8-30(17)21(16)32)12-14-4-6-25-19(18(14)23)27-22-26-7-11-33-22/h2-4,6-7,11,15H,5,8-10,12-13H2,1H3,(H,24,31)(H,25,26,27). The van der Waals surface area contributed by atoms with E-state index in [1.54, 1.807) is 29.1 Å². The topological polar surface area (TPSA) is 95.4 Å². The Morgan fingerprint density at radius 2 is 2.09 bits per heavy atom. The number of hydrogen-bond acceptors (Lipinski definition) is 8. The van der Waals surface area contributed by atoms with Crippen molar-refractivity contribution in [3.05, 3.63) is 63.3 Å². The second kappa shape index (κ2) is 8.91. The lowest BCUT2D eigenvalue weighted by Crippen LogP contribution is -2.57. The Bertz CT molecular complexity index is 1230. The number of nitrogens with one attached hydrogen (secondary N) is 2. The third kappa shape index (κ3) is 4.09. The van der Waals surface area contributed by atoms with Crippen molar-refractivity contribution in [3.8, 4) is 0 Å². The van der Waals surface area contributed by atoms with Gasteiger partial charge in [-0.15, -0.1) is 11.3 Å². The molecule has 9 nitrogen and oxygen atoms in total. The van der Waals surface area contributed by atoms with E-state index < -0.39 is 0 Å². The van der Waals surface area contributed by atoms with Gasteiger partial charge < -0.3 is 15.5 Å². The molecule has 0 bridgehead atoms. The number of hydrogen-bond donors (Lipinski definition) is 2. The number of nitrogens with zero attached hydrogens (tertiary/aromatic N) is 5. The first-order valence-corrected chi connectivity index (χ1v) is 11.7. The van der Waals surface area contributed by atoms with E-state index in [9.17, 15) is 9.59 Å². The summed E-state index contributed by atoms with van der Waals surface area (Å²) in [5.74, 6) is 0.287. The molecule has 1 fully saturated rings. The number of aromatic nitrogens is 3. The summed E-state index contributed by atoms with van der Waals surface area (Å²) in [4.78, 5) is 37.5. The van der Waals surface area contributed by atoms with Crippen LogP contribution in [0.25, 0.3) is 0 Å². The van der Waals surface area contributed by atoms with E-state index in [-0.39, 0.29) is 34.7 Å². The maximum atomic E-state index is 15.1. The SMILES string of the molecule is CNC(=O)c1ccc2n(c1=O)CCC1CN(Cc3ccnc(Nc4nccs4)c3F)CCN21. The van der Waals surface area contributed by atoms with E-state index in [0.29, 0.717) is 23.8 Å². The molecule has 3 aromatic rings. The molecule has 0 aliphatic carbocycles. The van der Waals surface area contributed by atoms with Crippen molar-refractivity contribution in [2.24, 2.45) is 0 Å². The lowest BCUT2D eigenvalue weighted by atomic mass is 10.0. The molecule has 1 saturated heterocycles. The first kappa shape index (κ1) is 21.5. The first-order valence-electron chi connectivity index (χ1n) is 10.8. The van der Waals surface area contributed by atoms with Crippen LogP contribution in [0.15, 0.2) is 40.8 Å². The maximum Gasteiger partial charge on any atom is 0.264 e. The van der Waals surface area contributed by atoms with Gasteiger partial charge >= 0.3 is 0 Å². The molecule has 1 amide bonds. The fourth-order valence-corrected chi connectivity index (χ4v) is 5.08. The van der Waals surface area contributed by atoms with Crippen molar-refractivity contribution in [1.29, 1.82) is 0 Å². The zero-order valence-corrected chi connectivity index (χ0v) is 18.9. The van der Waals surface area contributed by atoms with E-state index in [2.05, 4.69) is 30.4 Å². The van der Waals surface area contributed by atoms with Crippen molar-refractivity contribution in [1.82, 2.24) is 24.8 Å². The molecule has 1 atom stereocenters. The summed E-state index contributed by atoms with van der Waals surface area (Å²) in [7, 11) is 1.52. The Hall–Kier alpha value is -3.31. The smallest absolute Gasteiger partial charge is 0.264 e. The summed E-state index contributed by atoms with van der Waals surface area (Å²) in [6.07, 6.45) is 4.05. The zero-order chi connectivity index (χ0) is 22.9. The minimum Gasteiger partial charge on any atom is -0.355 e. The summed E-state index contributed by atoms with van der Waals surface area (Å²) in [5.41, 5.74) is 0.487. The summed E-state index contributed by atoms with van der Waals surface area (Å²) in [6, 6.07) is 5.39. The third-order valence-electron chi connectivity index (χ3n) is 6.19. The van der Waals surface area contributed by atoms with E-state index in [1.165, 1.54) is 18.4 Å². The average Bonchev–Trinajstić information content (AvgIpc) is 3.34. The highest BCUT2D eigenvalue weighted by molar-refractivity contribution is 7.13. The number of rotatable bonds is 5. The van der Waals surface area contributed by atoms with Gasteiger partial charge in [0.15, 0.2) is 16.8 Å². The van der Waals surface area contributed by atoms with Crippen LogP contribution in [0, 0.1) is 5.82 Å². The fourth-order valence-electron chi connectivity index (χ4n) is 4.55.